The number of rotatable bonds is 2. The van der Waals surface area contributed by atoms with Crippen molar-refractivity contribution in [2.24, 2.45) is 5.84 Å². The van der Waals surface area contributed by atoms with Gasteiger partial charge in [0.15, 0.2) is 0 Å². The van der Waals surface area contributed by atoms with E-state index in [9.17, 15) is 13.2 Å². The maximum absolute atomic E-state index is 11.7. The number of fused-ring (bicyclic) bond motifs is 1. The van der Waals surface area contributed by atoms with Crippen LogP contribution < -0.4 is 16.0 Å². The van der Waals surface area contributed by atoms with Crippen LogP contribution in [0.4, 0.5) is 5.69 Å². The summed E-state index contributed by atoms with van der Waals surface area (Å²) in [7, 11) is -3.70. The Morgan fingerprint density at radius 2 is 2.00 bits per heavy atom. The highest BCUT2D eigenvalue weighted by Gasteiger charge is 2.38. The van der Waals surface area contributed by atoms with Crippen LogP contribution in [-0.4, -0.2) is 14.3 Å². The monoisotopic (exact) mass is 255 g/mol. The van der Waals surface area contributed by atoms with Crippen LogP contribution in [0.1, 0.15) is 19.4 Å². The van der Waals surface area contributed by atoms with Gasteiger partial charge in [0.25, 0.3) is 10.0 Å². The third-order valence-corrected chi connectivity index (χ3v) is 4.13. The average Bonchev–Trinajstić information content (AvgIpc) is 2.50. The number of nitrogens with two attached hydrogens (primary N) is 1. The Bertz CT molecular complexity index is 593. The van der Waals surface area contributed by atoms with Crippen LogP contribution in [-0.2, 0) is 20.2 Å². The van der Waals surface area contributed by atoms with Gasteiger partial charge in [-0.3, -0.25) is 10.6 Å². The minimum atomic E-state index is -3.70. The molecule has 6 nitrogen and oxygen atoms in total. The van der Waals surface area contributed by atoms with Gasteiger partial charge < -0.3 is 5.32 Å². The van der Waals surface area contributed by atoms with Crippen LogP contribution in [0.3, 0.4) is 0 Å². The molecule has 1 aromatic carbocycles. The summed E-state index contributed by atoms with van der Waals surface area (Å²) in [6.45, 7) is 3.47. The Balaban J connectivity index is 2.61. The lowest BCUT2D eigenvalue weighted by Crippen LogP contribution is -2.30. The zero-order valence-electron chi connectivity index (χ0n) is 9.44. The molecule has 1 aromatic rings. The Labute approximate surface area is 99.2 Å². The molecule has 0 aliphatic carbocycles. The Kier molecular flexibility index (Phi) is 2.49. The predicted molar refractivity (Wildman–Crippen MR) is 62.6 cm³/mol. The molecule has 1 amide bonds. The highest BCUT2D eigenvalue weighted by molar-refractivity contribution is 7.89. The molecule has 1 aliphatic rings. The normalized spacial score (nSPS) is 17.7. The van der Waals surface area contributed by atoms with Crippen LogP contribution in [0.15, 0.2) is 23.1 Å². The molecule has 2 rings (SSSR count). The van der Waals surface area contributed by atoms with Crippen LogP contribution in [0.2, 0.25) is 0 Å². The summed E-state index contributed by atoms with van der Waals surface area (Å²) < 4.78 is 23.1. The first-order valence-electron chi connectivity index (χ1n) is 4.97. The fourth-order valence-corrected chi connectivity index (χ4v) is 2.44. The third-order valence-electron chi connectivity index (χ3n) is 2.95. The Hall–Kier alpha value is -1.44. The van der Waals surface area contributed by atoms with Gasteiger partial charge in [-0.1, -0.05) is 0 Å². The van der Waals surface area contributed by atoms with Gasteiger partial charge in [-0.2, -0.15) is 4.83 Å². The van der Waals surface area contributed by atoms with Gasteiger partial charge in [0.2, 0.25) is 5.91 Å². The molecule has 17 heavy (non-hydrogen) atoms. The van der Waals surface area contributed by atoms with Gasteiger partial charge in [-0.05, 0) is 37.6 Å². The molecule has 92 valence electrons. The molecule has 0 bridgehead atoms. The first kappa shape index (κ1) is 12.0. The van der Waals surface area contributed by atoms with Gasteiger partial charge in [0.05, 0.1) is 10.3 Å². The summed E-state index contributed by atoms with van der Waals surface area (Å²) in [5, 5.41) is 2.70. The number of benzene rings is 1. The minimum absolute atomic E-state index is 0.0447. The molecule has 0 unspecified atom stereocenters. The summed E-state index contributed by atoms with van der Waals surface area (Å²) in [6, 6.07) is 4.42. The van der Waals surface area contributed by atoms with Crippen molar-refractivity contribution in [3.05, 3.63) is 23.8 Å². The molecule has 0 atom stereocenters. The minimum Gasteiger partial charge on any atom is -0.325 e. The average molecular weight is 255 g/mol. The van der Waals surface area contributed by atoms with Crippen molar-refractivity contribution in [3.8, 4) is 0 Å². The highest BCUT2D eigenvalue weighted by atomic mass is 32.2. The number of amides is 1. The highest BCUT2D eigenvalue weighted by Crippen LogP contribution is 2.38. The largest absolute Gasteiger partial charge is 0.325 e. The molecule has 7 heteroatoms. The molecule has 0 saturated carbocycles. The van der Waals surface area contributed by atoms with E-state index in [-0.39, 0.29) is 10.8 Å². The second kappa shape index (κ2) is 3.52. The predicted octanol–water partition coefficient (Wildman–Crippen LogP) is 0.0683. The summed E-state index contributed by atoms with van der Waals surface area (Å²) >= 11 is 0. The smallest absolute Gasteiger partial charge is 0.253 e. The number of carbonyl (C=O) groups is 1. The van der Waals surface area contributed by atoms with Crippen LogP contribution >= 0.6 is 0 Å². The lowest BCUT2D eigenvalue weighted by Gasteiger charge is -2.15. The number of nitrogens with one attached hydrogen (secondary N) is 2. The fourth-order valence-electron chi connectivity index (χ4n) is 1.79. The molecule has 0 saturated heterocycles. The molecule has 1 heterocycles. The summed E-state index contributed by atoms with van der Waals surface area (Å²) in [6.07, 6.45) is 0. The number of hydrogen-bond acceptors (Lipinski definition) is 4. The SMILES string of the molecule is CC1(C)C(=O)Nc2ccc(S(=O)(=O)NN)cc21. The zero-order valence-corrected chi connectivity index (χ0v) is 10.3. The van der Waals surface area contributed by atoms with E-state index in [2.05, 4.69) is 5.32 Å². The van der Waals surface area contributed by atoms with Crippen molar-refractivity contribution in [1.82, 2.24) is 4.83 Å². The van der Waals surface area contributed by atoms with E-state index in [0.29, 0.717) is 11.3 Å². The number of hydrogen-bond donors (Lipinski definition) is 3. The number of hydrazine groups is 1. The molecule has 1 aliphatic heterocycles. The van der Waals surface area contributed by atoms with Gasteiger partial charge >= 0.3 is 0 Å². The molecule has 0 fully saturated rings. The van der Waals surface area contributed by atoms with Crippen molar-refractivity contribution < 1.29 is 13.2 Å². The van der Waals surface area contributed by atoms with E-state index < -0.39 is 15.4 Å². The van der Waals surface area contributed by atoms with Crippen molar-refractivity contribution in [1.29, 1.82) is 0 Å². The maximum atomic E-state index is 11.7. The van der Waals surface area contributed by atoms with E-state index in [1.165, 1.54) is 12.1 Å². The second-order valence-corrected chi connectivity index (χ2v) is 6.12. The van der Waals surface area contributed by atoms with Crippen molar-refractivity contribution in [3.63, 3.8) is 0 Å². The van der Waals surface area contributed by atoms with Gasteiger partial charge in [-0.25, -0.2) is 8.42 Å². The third kappa shape index (κ3) is 1.72. The van der Waals surface area contributed by atoms with Crippen molar-refractivity contribution in [2.75, 3.05) is 5.32 Å². The quantitative estimate of drug-likeness (QED) is 0.514. The van der Waals surface area contributed by atoms with Crippen molar-refractivity contribution >= 4 is 21.6 Å². The summed E-state index contributed by atoms with van der Waals surface area (Å²) in [5.74, 6) is 4.81. The van der Waals surface area contributed by atoms with Gasteiger partial charge in [-0.15, -0.1) is 0 Å². The Morgan fingerprint density at radius 3 is 2.59 bits per heavy atom. The summed E-state index contributed by atoms with van der Waals surface area (Å²) in [4.78, 5) is 13.5. The van der Waals surface area contributed by atoms with Gasteiger partial charge in [0.1, 0.15) is 0 Å². The first-order chi connectivity index (χ1) is 7.79. The van der Waals surface area contributed by atoms with E-state index in [1.54, 1.807) is 24.7 Å². The van der Waals surface area contributed by atoms with Crippen LogP contribution in [0.5, 0.6) is 0 Å². The first-order valence-corrected chi connectivity index (χ1v) is 6.46. The maximum Gasteiger partial charge on any atom is 0.253 e. The van der Waals surface area contributed by atoms with Gasteiger partial charge in [0, 0.05) is 5.69 Å². The second-order valence-electron chi connectivity index (χ2n) is 4.41. The fraction of sp³-hybridized carbons (Fsp3) is 0.300. The number of anilines is 1. The molecular weight excluding hydrogens is 242 g/mol. The Morgan fingerprint density at radius 1 is 1.35 bits per heavy atom. The van der Waals surface area contributed by atoms with E-state index in [1.807, 2.05) is 0 Å². The molecule has 0 radical (unpaired) electrons. The summed E-state index contributed by atoms with van der Waals surface area (Å²) in [5.41, 5.74) is 0.546. The van der Waals surface area contributed by atoms with E-state index in [0.717, 1.165) is 0 Å². The van der Waals surface area contributed by atoms with E-state index >= 15 is 0 Å². The zero-order chi connectivity index (χ0) is 12.8. The lowest BCUT2D eigenvalue weighted by atomic mass is 9.86. The molecule has 0 aromatic heterocycles. The topological polar surface area (TPSA) is 101 Å². The van der Waals surface area contributed by atoms with E-state index in [4.69, 9.17) is 5.84 Å². The number of carbonyl (C=O) groups excluding carboxylic acids is 1. The van der Waals surface area contributed by atoms with Crippen LogP contribution in [0, 0.1) is 0 Å². The number of sulfonamides is 1. The lowest BCUT2D eigenvalue weighted by molar-refractivity contribution is -0.119. The molecule has 0 spiro atoms. The molecular formula is C10H13N3O3S. The molecule has 4 N–H and O–H groups in total. The standard InChI is InChI=1S/C10H13N3O3S/c1-10(2)7-5-6(17(15,16)13-11)3-4-8(7)12-9(10)14/h3-5,13H,11H2,1-2H3,(H,12,14). The van der Waals surface area contributed by atoms with Crippen LogP contribution in [0.25, 0.3) is 0 Å². The van der Waals surface area contributed by atoms with Crippen molar-refractivity contribution in [2.45, 2.75) is 24.2 Å².